The molecular formula is C9H17NO2. The van der Waals surface area contributed by atoms with E-state index in [0.717, 1.165) is 19.4 Å². The number of nitrogens with zero attached hydrogens (tertiary/aromatic N) is 1. The van der Waals surface area contributed by atoms with Gasteiger partial charge in [-0.05, 0) is 13.3 Å². The predicted molar refractivity (Wildman–Crippen MR) is 46.8 cm³/mol. The van der Waals surface area contributed by atoms with E-state index in [0.29, 0.717) is 13.2 Å². The Bertz CT molecular complexity index is 131. The Kier molecular flexibility index (Phi) is 8.09. The quantitative estimate of drug-likeness (QED) is 0.548. The molecule has 0 aliphatic carbocycles. The topological polar surface area (TPSA) is 42.2 Å². The van der Waals surface area contributed by atoms with Crippen molar-refractivity contribution in [2.45, 2.75) is 32.8 Å². The van der Waals surface area contributed by atoms with Crippen LogP contribution < -0.4 is 0 Å². The van der Waals surface area contributed by atoms with E-state index in [9.17, 15) is 0 Å². The highest BCUT2D eigenvalue weighted by atomic mass is 16.5. The first-order valence-electron chi connectivity index (χ1n) is 4.40. The number of rotatable bonds is 7. The third-order valence-electron chi connectivity index (χ3n) is 1.42. The zero-order valence-electron chi connectivity index (χ0n) is 7.88. The van der Waals surface area contributed by atoms with Crippen molar-refractivity contribution < 1.29 is 9.47 Å². The van der Waals surface area contributed by atoms with Gasteiger partial charge in [0.15, 0.2) is 0 Å². The molecule has 1 atom stereocenters. The molecular weight excluding hydrogens is 154 g/mol. The number of nitriles is 1. The summed E-state index contributed by atoms with van der Waals surface area (Å²) in [5, 5.41) is 8.36. The van der Waals surface area contributed by atoms with Gasteiger partial charge in [-0.3, -0.25) is 0 Å². The molecule has 0 rings (SSSR count). The maximum Gasteiger partial charge on any atom is 0.141 e. The number of unbranched alkanes of at least 4 members (excludes halogenated alkanes) is 1. The lowest BCUT2D eigenvalue weighted by Gasteiger charge is -2.05. The van der Waals surface area contributed by atoms with Crippen LogP contribution in [0.5, 0.6) is 0 Å². The first kappa shape index (κ1) is 11.4. The van der Waals surface area contributed by atoms with Gasteiger partial charge in [-0.25, -0.2) is 0 Å². The van der Waals surface area contributed by atoms with Crippen LogP contribution in [0, 0.1) is 11.3 Å². The van der Waals surface area contributed by atoms with Crippen molar-refractivity contribution in [3.8, 4) is 6.07 Å². The molecule has 0 aliphatic heterocycles. The van der Waals surface area contributed by atoms with Crippen molar-refractivity contribution in [1.29, 1.82) is 5.26 Å². The normalized spacial score (nSPS) is 12.4. The minimum Gasteiger partial charge on any atom is -0.379 e. The lowest BCUT2D eigenvalue weighted by molar-refractivity contribution is 0.0312. The standard InChI is InChI=1S/C9H17NO2/c1-3-4-5-11-6-7-12-9(2)8-10/h9H,3-7H2,1-2H3. The third kappa shape index (κ3) is 7.52. The molecule has 1 unspecified atom stereocenters. The predicted octanol–water partition coefficient (Wildman–Crippen LogP) is 1.73. The van der Waals surface area contributed by atoms with Gasteiger partial charge in [-0.2, -0.15) is 5.26 Å². The molecule has 3 heteroatoms. The highest BCUT2D eigenvalue weighted by Gasteiger charge is 1.96. The van der Waals surface area contributed by atoms with Crippen LogP contribution in [0.15, 0.2) is 0 Å². The van der Waals surface area contributed by atoms with Gasteiger partial charge in [0.1, 0.15) is 6.10 Å². The largest absolute Gasteiger partial charge is 0.379 e. The fraction of sp³-hybridized carbons (Fsp3) is 0.889. The second-order valence-corrected chi connectivity index (χ2v) is 2.61. The van der Waals surface area contributed by atoms with E-state index in [1.54, 1.807) is 6.92 Å². The molecule has 0 aromatic rings. The van der Waals surface area contributed by atoms with Crippen molar-refractivity contribution in [1.82, 2.24) is 0 Å². The molecule has 0 amide bonds. The van der Waals surface area contributed by atoms with Crippen LogP contribution in [0.3, 0.4) is 0 Å². The second kappa shape index (κ2) is 8.51. The number of hydrogen-bond donors (Lipinski definition) is 0. The molecule has 0 fully saturated rings. The maximum absolute atomic E-state index is 8.36. The fourth-order valence-electron chi connectivity index (χ4n) is 0.670. The van der Waals surface area contributed by atoms with Gasteiger partial charge in [0.25, 0.3) is 0 Å². The summed E-state index contributed by atoms with van der Waals surface area (Å²) in [7, 11) is 0. The van der Waals surface area contributed by atoms with Gasteiger partial charge in [0.05, 0.1) is 19.3 Å². The Morgan fingerprint density at radius 2 is 2.08 bits per heavy atom. The van der Waals surface area contributed by atoms with Crippen LogP contribution in [-0.4, -0.2) is 25.9 Å². The molecule has 0 heterocycles. The molecule has 0 saturated carbocycles. The Morgan fingerprint density at radius 1 is 1.33 bits per heavy atom. The second-order valence-electron chi connectivity index (χ2n) is 2.61. The van der Waals surface area contributed by atoms with Crippen molar-refractivity contribution >= 4 is 0 Å². The Balaban J connectivity index is 2.96. The van der Waals surface area contributed by atoms with Crippen LogP contribution in [0.1, 0.15) is 26.7 Å². The van der Waals surface area contributed by atoms with Gasteiger partial charge in [0, 0.05) is 6.61 Å². The van der Waals surface area contributed by atoms with Crippen LogP contribution in [0.2, 0.25) is 0 Å². The SMILES string of the molecule is CCCCOCCOC(C)C#N. The van der Waals surface area contributed by atoms with E-state index in [1.807, 2.05) is 6.07 Å². The summed E-state index contributed by atoms with van der Waals surface area (Å²) in [5.41, 5.74) is 0. The van der Waals surface area contributed by atoms with Crippen LogP contribution in [-0.2, 0) is 9.47 Å². The molecule has 0 radical (unpaired) electrons. The lowest BCUT2D eigenvalue weighted by Crippen LogP contribution is -2.11. The zero-order valence-corrected chi connectivity index (χ0v) is 7.88. The molecule has 0 saturated heterocycles. The summed E-state index contributed by atoms with van der Waals surface area (Å²) in [6.45, 7) is 5.74. The molecule has 0 spiro atoms. The molecule has 0 aliphatic rings. The smallest absolute Gasteiger partial charge is 0.141 e. The number of ether oxygens (including phenoxy) is 2. The zero-order chi connectivity index (χ0) is 9.23. The van der Waals surface area contributed by atoms with E-state index in [-0.39, 0.29) is 6.10 Å². The van der Waals surface area contributed by atoms with Crippen molar-refractivity contribution in [2.75, 3.05) is 19.8 Å². The van der Waals surface area contributed by atoms with Gasteiger partial charge in [-0.1, -0.05) is 13.3 Å². The molecule has 12 heavy (non-hydrogen) atoms. The van der Waals surface area contributed by atoms with Crippen LogP contribution in [0.4, 0.5) is 0 Å². The van der Waals surface area contributed by atoms with E-state index in [1.165, 1.54) is 0 Å². The Labute approximate surface area is 74.3 Å². The Hall–Kier alpha value is -0.590. The third-order valence-corrected chi connectivity index (χ3v) is 1.42. The fourth-order valence-corrected chi connectivity index (χ4v) is 0.670. The lowest BCUT2D eigenvalue weighted by atomic mass is 10.4. The monoisotopic (exact) mass is 171 g/mol. The summed E-state index contributed by atoms with van der Waals surface area (Å²) < 4.78 is 10.3. The van der Waals surface area contributed by atoms with Crippen molar-refractivity contribution in [2.24, 2.45) is 0 Å². The molecule has 0 bridgehead atoms. The van der Waals surface area contributed by atoms with E-state index < -0.39 is 0 Å². The summed E-state index contributed by atoms with van der Waals surface area (Å²) in [4.78, 5) is 0. The van der Waals surface area contributed by atoms with Gasteiger partial charge < -0.3 is 9.47 Å². The molecule has 0 aromatic heterocycles. The minimum atomic E-state index is -0.320. The average molecular weight is 171 g/mol. The first-order valence-corrected chi connectivity index (χ1v) is 4.40. The number of hydrogen-bond acceptors (Lipinski definition) is 3. The van der Waals surface area contributed by atoms with E-state index in [2.05, 4.69) is 6.92 Å². The van der Waals surface area contributed by atoms with Gasteiger partial charge >= 0.3 is 0 Å². The molecule has 0 N–H and O–H groups in total. The summed E-state index contributed by atoms with van der Waals surface area (Å²) in [6, 6.07) is 1.99. The summed E-state index contributed by atoms with van der Waals surface area (Å²) >= 11 is 0. The van der Waals surface area contributed by atoms with E-state index >= 15 is 0 Å². The molecule has 70 valence electrons. The summed E-state index contributed by atoms with van der Waals surface area (Å²) in [6.07, 6.45) is 1.92. The maximum atomic E-state index is 8.36. The summed E-state index contributed by atoms with van der Waals surface area (Å²) in [5.74, 6) is 0. The van der Waals surface area contributed by atoms with Crippen LogP contribution in [0.25, 0.3) is 0 Å². The average Bonchev–Trinajstić information content (AvgIpc) is 2.10. The van der Waals surface area contributed by atoms with Crippen LogP contribution >= 0.6 is 0 Å². The molecule has 3 nitrogen and oxygen atoms in total. The van der Waals surface area contributed by atoms with Crippen molar-refractivity contribution in [3.05, 3.63) is 0 Å². The van der Waals surface area contributed by atoms with Gasteiger partial charge in [-0.15, -0.1) is 0 Å². The highest BCUT2D eigenvalue weighted by molar-refractivity contribution is 4.78. The van der Waals surface area contributed by atoms with Crippen molar-refractivity contribution in [3.63, 3.8) is 0 Å². The van der Waals surface area contributed by atoms with E-state index in [4.69, 9.17) is 14.7 Å². The highest BCUT2D eigenvalue weighted by Crippen LogP contribution is 1.90. The van der Waals surface area contributed by atoms with Gasteiger partial charge in [0.2, 0.25) is 0 Å². The first-order chi connectivity index (χ1) is 5.81. The minimum absolute atomic E-state index is 0.320. The molecule has 0 aromatic carbocycles. The Morgan fingerprint density at radius 3 is 2.67 bits per heavy atom.